The van der Waals surface area contributed by atoms with Gasteiger partial charge in [-0.05, 0) is 17.7 Å². The number of nitrogens with zero attached hydrogens (tertiary/aromatic N) is 2. The lowest BCUT2D eigenvalue weighted by Crippen LogP contribution is -2.52. The molecule has 0 saturated carbocycles. The van der Waals surface area contributed by atoms with E-state index in [-0.39, 0.29) is 29.8 Å². The molecule has 0 bridgehead atoms. The molecule has 1 N–H and O–H groups in total. The van der Waals surface area contributed by atoms with Crippen molar-refractivity contribution in [2.45, 2.75) is 5.92 Å². The molecule has 0 spiro atoms. The van der Waals surface area contributed by atoms with Crippen molar-refractivity contribution < 1.29 is 19.5 Å². The van der Waals surface area contributed by atoms with Gasteiger partial charge in [-0.3, -0.25) is 19.3 Å². The second-order valence-electron chi connectivity index (χ2n) is 9.28. The molecule has 1 saturated heterocycles. The van der Waals surface area contributed by atoms with Crippen molar-refractivity contribution in [1.82, 2.24) is 9.80 Å². The fourth-order valence-corrected chi connectivity index (χ4v) is 4.92. The van der Waals surface area contributed by atoms with Crippen LogP contribution in [-0.2, 0) is 4.79 Å². The third-order valence-corrected chi connectivity index (χ3v) is 6.68. The van der Waals surface area contributed by atoms with Crippen molar-refractivity contribution in [3.8, 4) is 5.75 Å². The molecule has 1 aliphatic heterocycles. The van der Waals surface area contributed by atoms with E-state index in [1.54, 1.807) is 56.6 Å². The standard InChI is InChI=1S/C29H30N2O4/c1-30(2)26(33)19-31-17-24(28(34)20-10-5-3-6-11-20)27(22-14-9-15-23(32)16-22)25(18-31)29(35)21-12-7-4-8-13-21/h3-16,24-25,27,32H,17-19H2,1-2H3/t24-,25-/m0/s1. The molecule has 2 atom stereocenters. The van der Waals surface area contributed by atoms with Crippen molar-refractivity contribution >= 4 is 17.5 Å². The first-order valence-corrected chi connectivity index (χ1v) is 11.7. The molecule has 4 rings (SSSR count). The average molecular weight is 471 g/mol. The van der Waals surface area contributed by atoms with Crippen LogP contribution in [0.3, 0.4) is 0 Å². The van der Waals surface area contributed by atoms with Crippen molar-refractivity contribution in [3.63, 3.8) is 0 Å². The largest absolute Gasteiger partial charge is 0.508 e. The third-order valence-electron chi connectivity index (χ3n) is 6.68. The van der Waals surface area contributed by atoms with E-state index in [1.807, 2.05) is 47.4 Å². The number of phenolic OH excluding ortho intramolecular Hbond substituents is 1. The minimum Gasteiger partial charge on any atom is -0.508 e. The SMILES string of the molecule is CN(C)C(=O)CN1C[C@H](C(=O)c2ccccc2)C(c2cccc(O)c2)[C@@H](C(=O)c2ccccc2)C1. The summed E-state index contributed by atoms with van der Waals surface area (Å²) in [4.78, 5) is 43.7. The number of phenols is 1. The smallest absolute Gasteiger partial charge is 0.236 e. The summed E-state index contributed by atoms with van der Waals surface area (Å²) >= 11 is 0. The highest BCUT2D eigenvalue weighted by atomic mass is 16.3. The molecule has 6 nitrogen and oxygen atoms in total. The molecule has 1 amide bonds. The van der Waals surface area contributed by atoms with Gasteiger partial charge < -0.3 is 10.0 Å². The summed E-state index contributed by atoms with van der Waals surface area (Å²) in [7, 11) is 3.39. The topological polar surface area (TPSA) is 77.9 Å². The Kier molecular flexibility index (Phi) is 7.42. The molecule has 0 unspecified atom stereocenters. The molecule has 3 aromatic rings. The number of hydrogen-bond donors (Lipinski definition) is 1. The summed E-state index contributed by atoms with van der Waals surface area (Å²) in [5.74, 6) is -1.74. The van der Waals surface area contributed by atoms with Crippen LogP contribution in [0.4, 0.5) is 0 Å². The number of hydrogen-bond acceptors (Lipinski definition) is 5. The van der Waals surface area contributed by atoms with Crippen molar-refractivity contribution in [2.75, 3.05) is 33.7 Å². The van der Waals surface area contributed by atoms with Gasteiger partial charge >= 0.3 is 0 Å². The first-order valence-electron chi connectivity index (χ1n) is 11.7. The number of carbonyl (C=O) groups excluding carboxylic acids is 3. The van der Waals surface area contributed by atoms with Gasteiger partial charge in [0.15, 0.2) is 11.6 Å². The fraction of sp³-hybridized carbons (Fsp3) is 0.276. The zero-order valence-electron chi connectivity index (χ0n) is 20.0. The number of likely N-dealkylation sites (N-methyl/N-ethyl adjacent to an activating group) is 1. The summed E-state index contributed by atoms with van der Waals surface area (Å²) in [6.45, 7) is 0.801. The van der Waals surface area contributed by atoms with Gasteiger partial charge in [0.2, 0.25) is 5.91 Å². The van der Waals surface area contributed by atoms with E-state index >= 15 is 0 Å². The maximum Gasteiger partial charge on any atom is 0.236 e. The van der Waals surface area contributed by atoms with E-state index in [0.29, 0.717) is 24.2 Å². The zero-order valence-corrected chi connectivity index (χ0v) is 20.0. The number of likely N-dealkylation sites (tertiary alicyclic amines) is 1. The normalized spacial score (nSPS) is 18.7. The monoisotopic (exact) mass is 470 g/mol. The summed E-state index contributed by atoms with van der Waals surface area (Å²) in [6.07, 6.45) is 0. The Labute approximate surface area is 205 Å². The molecule has 3 aromatic carbocycles. The summed E-state index contributed by atoms with van der Waals surface area (Å²) in [5, 5.41) is 10.2. The molecular formula is C29H30N2O4. The maximum absolute atomic E-state index is 13.8. The lowest BCUT2D eigenvalue weighted by molar-refractivity contribution is -0.130. The summed E-state index contributed by atoms with van der Waals surface area (Å²) in [6, 6.07) is 24.9. The second kappa shape index (κ2) is 10.7. The van der Waals surface area contributed by atoms with Gasteiger partial charge in [-0.2, -0.15) is 0 Å². The minimum absolute atomic E-state index is 0.0770. The van der Waals surface area contributed by atoms with E-state index in [0.717, 1.165) is 5.56 Å². The number of rotatable bonds is 7. The van der Waals surface area contributed by atoms with Crippen molar-refractivity contribution in [3.05, 3.63) is 102 Å². The van der Waals surface area contributed by atoms with Crippen molar-refractivity contribution in [1.29, 1.82) is 0 Å². The van der Waals surface area contributed by atoms with Crippen LogP contribution < -0.4 is 0 Å². The quantitative estimate of drug-likeness (QED) is 0.531. The lowest BCUT2D eigenvalue weighted by atomic mass is 9.68. The van der Waals surface area contributed by atoms with Crippen molar-refractivity contribution in [2.24, 2.45) is 11.8 Å². The van der Waals surface area contributed by atoms with E-state index in [2.05, 4.69) is 0 Å². The second-order valence-corrected chi connectivity index (χ2v) is 9.28. The third kappa shape index (κ3) is 5.49. The molecule has 6 heteroatoms. The summed E-state index contributed by atoms with van der Waals surface area (Å²) < 4.78 is 0. The van der Waals surface area contributed by atoms with Crippen LogP contribution in [-0.4, -0.2) is 66.1 Å². The highest BCUT2D eigenvalue weighted by molar-refractivity contribution is 6.02. The van der Waals surface area contributed by atoms with Gasteiger partial charge in [-0.15, -0.1) is 0 Å². The van der Waals surface area contributed by atoms with Crippen LogP contribution in [0.15, 0.2) is 84.9 Å². The number of amides is 1. The molecular weight excluding hydrogens is 440 g/mol. The van der Waals surface area contributed by atoms with Gasteiger partial charge in [0.1, 0.15) is 5.75 Å². The average Bonchev–Trinajstić information content (AvgIpc) is 2.88. The predicted octanol–water partition coefficient (Wildman–Crippen LogP) is 3.88. The fourth-order valence-electron chi connectivity index (χ4n) is 4.92. The molecule has 180 valence electrons. The van der Waals surface area contributed by atoms with Crippen LogP contribution in [0.5, 0.6) is 5.75 Å². The highest BCUT2D eigenvalue weighted by Crippen LogP contribution is 2.41. The first kappa shape index (κ1) is 24.4. The van der Waals surface area contributed by atoms with E-state index in [9.17, 15) is 19.5 Å². The number of ketones is 2. The zero-order chi connectivity index (χ0) is 24.9. The molecule has 35 heavy (non-hydrogen) atoms. The Morgan fingerprint density at radius 2 is 1.31 bits per heavy atom. The molecule has 0 aliphatic carbocycles. The van der Waals surface area contributed by atoms with Gasteiger partial charge in [-0.25, -0.2) is 0 Å². The van der Waals surface area contributed by atoms with Gasteiger partial charge in [0.05, 0.1) is 6.54 Å². The Morgan fingerprint density at radius 3 is 1.77 bits per heavy atom. The number of aromatic hydroxyl groups is 1. The molecule has 1 heterocycles. The van der Waals surface area contributed by atoms with Gasteiger partial charge in [0, 0.05) is 56.1 Å². The van der Waals surface area contributed by atoms with Crippen LogP contribution in [0, 0.1) is 11.8 Å². The van der Waals surface area contributed by atoms with Gasteiger partial charge in [0.25, 0.3) is 0 Å². The predicted molar refractivity (Wildman–Crippen MR) is 135 cm³/mol. The van der Waals surface area contributed by atoms with Crippen LogP contribution in [0.2, 0.25) is 0 Å². The first-order chi connectivity index (χ1) is 16.8. The Balaban J connectivity index is 1.81. The summed E-state index contributed by atoms with van der Waals surface area (Å²) in [5.41, 5.74) is 1.87. The van der Waals surface area contributed by atoms with E-state index < -0.39 is 17.8 Å². The number of carbonyl (C=O) groups is 3. The highest BCUT2D eigenvalue weighted by Gasteiger charge is 2.45. The molecule has 0 aromatic heterocycles. The Bertz CT molecular complexity index is 1130. The van der Waals surface area contributed by atoms with Crippen LogP contribution in [0.1, 0.15) is 32.2 Å². The lowest BCUT2D eigenvalue weighted by Gasteiger charge is -2.43. The number of Topliss-reactive ketones (excluding diaryl/α,β-unsaturated/α-hetero) is 2. The Hall–Kier alpha value is -3.77. The van der Waals surface area contributed by atoms with Crippen LogP contribution >= 0.6 is 0 Å². The van der Waals surface area contributed by atoms with E-state index in [4.69, 9.17) is 0 Å². The minimum atomic E-state index is -0.569. The van der Waals surface area contributed by atoms with E-state index in [1.165, 1.54) is 4.90 Å². The Morgan fingerprint density at radius 1 is 0.800 bits per heavy atom. The van der Waals surface area contributed by atoms with Crippen LogP contribution in [0.25, 0.3) is 0 Å². The molecule has 1 aliphatic rings. The number of piperidine rings is 1. The molecule has 0 radical (unpaired) electrons. The maximum atomic E-state index is 13.8. The number of benzene rings is 3. The molecule has 1 fully saturated rings. The van der Waals surface area contributed by atoms with Gasteiger partial charge in [-0.1, -0.05) is 72.8 Å².